The van der Waals surface area contributed by atoms with Crippen molar-refractivity contribution in [1.29, 1.82) is 0 Å². The van der Waals surface area contributed by atoms with Crippen molar-refractivity contribution in [3.8, 4) is 5.75 Å². The molecule has 1 amide bonds. The maximum atomic E-state index is 12.4. The van der Waals surface area contributed by atoms with Crippen LogP contribution in [0.5, 0.6) is 5.75 Å². The molecule has 0 heterocycles. The topological polar surface area (TPSA) is 93.7 Å². The lowest BCUT2D eigenvalue weighted by molar-refractivity contribution is 0.102. The van der Waals surface area contributed by atoms with Gasteiger partial charge in [-0.15, -0.1) is 0 Å². The summed E-state index contributed by atoms with van der Waals surface area (Å²) in [5.74, 6) is 0.0131. The summed E-state index contributed by atoms with van der Waals surface area (Å²) in [5.41, 5.74) is 0.738. The van der Waals surface area contributed by atoms with Gasteiger partial charge in [0.15, 0.2) is 0 Å². The van der Waals surface area contributed by atoms with Crippen LogP contribution in [0.15, 0.2) is 53.4 Å². The maximum Gasteiger partial charge on any atom is 0.255 e. The number of hydrogen-bond donors (Lipinski definition) is 2. The number of amides is 1. The van der Waals surface area contributed by atoms with Crippen LogP contribution in [0.2, 0.25) is 0 Å². The van der Waals surface area contributed by atoms with E-state index < -0.39 is 10.0 Å². The molecule has 0 saturated carbocycles. The van der Waals surface area contributed by atoms with Crippen molar-refractivity contribution in [3.63, 3.8) is 0 Å². The van der Waals surface area contributed by atoms with Crippen molar-refractivity contribution in [2.24, 2.45) is 0 Å². The molecule has 2 rings (SSSR count). The first-order valence-corrected chi connectivity index (χ1v) is 9.49. The Labute approximate surface area is 153 Å². The van der Waals surface area contributed by atoms with Gasteiger partial charge in [0.25, 0.3) is 5.91 Å². The smallest absolute Gasteiger partial charge is 0.255 e. The number of anilines is 1. The highest BCUT2D eigenvalue weighted by Gasteiger charge is 2.17. The third-order valence-corrected chi connectivity index (χ3v) is 5.04. The maximum absolute atomic E-state index is 12.4. The molecule has 7 nitrogen and oxygen atoms in total. The van der Waals surface area contributed by atoms with Crippen LogP contribution in [0.3, 0.4) is 0 Å². The van der Waals surface area contributed by atoms with Crippen molar-refractivity contribution in [2.45, 2.75) is 11.3 Å². The zero-order valence-corrected chi connectivity index (χ0v) is 15.5. The van der Waals surface area contributed by atoms with Crippen molar-refractivity contribution < 1.29 is 22.7 Å². The Hall–Kier alpha value is -2.42. The van der Waals surface area contributed by atoms with E-state index in [1.165, 1.54) is 25.3 Å². The highest BCUT2D eigenvalue weighted by molar-refractivity contribution is 7.89. The summed E-state index contributed by atoms with van der Waals surface area (Å²) in [6.45, 7) is 0.720. The van der Waals surface area contributed by atoms with Gasteiger partial charge in [-0.25, -0.2) is 13.1 Å². The van der Waals surface area contributed by atoms with Crippen molar-refractivity contribution in [2.75, 3.05) is 32.7 Å². The van der Waals surface area contributed by atoms with E-state index in [0.29, 0.717) is 24.3 Å². The van der Waals surface area contributed by atoms with Crippen LogP contribution >= 0.6 is 0 Å². The minimum absolute atomic E-state index is 0.0408. The fourth-order valence-electron chi connectivity index (χ4n) is 2.24. The average Bonchev–Trinajstić information content (AvgIpc) is 2.66. The van der Waals surface area contributed by atoms with Gasteiger partial charge in [0.2, 0.25) is 10.0 Å². The van der Waals surface area contributed by atoms with Gasteiger partial charge in [-0.1, -0.05) is 18.2 Å². The van der Waals surface area contributed by atoms with Crippen LogP contribution in [0.25, 0.3) is 0 Å². The lowest BCUT2D eigenvalue weighted by Crippen LogP contribution is -2.25. The lowest BCUT2D eigenvalue weighted by Gasteiger charge is -2.13. The number of sulfonamides is 1. The average molecular weight is 378 g/mol. The molecule has 0 atom stereocenters. The van der Waals surface area contributed by atoms with E-state index in [1.54, 1.807) is 37.4 Å². The predicted octanol–water partition coefficient (Wildman–Crippen LogP) is 2.26. The zero-order chi connectivity index (χ0) is 19.0. The van der Waals surface area contributed by atoms with Crippen molar-refractivity contribution in [1.82, 2.24) is 4.72 Å². The predicted molar refractivity (Wildman–Crippen MR) is 99.1 cm³/mol. The highest BCUT2D eigenvalue weighted by atomic mass is 32.2. The monoisotopic (exact) mass is 378 g/mol. The van der Waals surface area contributed by atoms with Gasteiger partial charge in [0.1, 0.15) is 5.75 Å². The van der Waals surface area contributed by atoms with Gasteiger partial charge in [0, 0.05) is 25.8 Å². The van der Waals surface area contributed by atoms with E-state index in [2.05, 4.69) is 10.0 Å². The van der Waals surface area contributed by atoms with E-state index in [0.717, 1.165) is 0 Å². The quantitative estimate of drug-likeness (QED) is 0.653. The second-order valence-corrected chi connectivity index (χ2v) is 7.19. The van der Waals surface area contributed by atoms with Gasteiger partial charge in [-0.05, 0) is 36.8 Å². The van der Waals surface area contributed by atoms with Crippen LogP contribution in [-0.2, 0) is 14.8 Å². The van der Waals surface area contributed by atoms with Crippen LogP contribution < -0.4 is 14.8 Å². The molecule has 0 radical (unpaired) electrons. The molecule has 26 heavy (non-hydrogen) atoms. The third-order valence-electron chi connectivity index (χ3n) is 3.58. The molecule has 0 aliphatic heterocycles. The minimum Gasteiger partial charge on any atom is -0.495 e. The molecule has 140 valence electrons. The molecule has 2 aromatic rings. The molecule has 2 aromatic carbocycles. The van der Waals surface area contributed by atoms with E-state index in [9.17, 15) is 13.2 Å². The van der Waals surface area contributed by atoms with Gasteiger partial charge in [-0.3, -0.25) is 4.79 Å². The first kappa shape index (κ1) is 19.9. The summed E-state index contributed by atoms with van der Waals surface area (Å²) in [4.78, 5) is 12.4. The Morgan fingerprint density at radius 2 is 1.81 bits per heavy atom. The molecule has 0 aliphatic carbocycles. The number of benzene rings is 2. The van der Waals surface area contributed by atoms with Gasteiger partial charge in [-0.2, -0.15) is 0 Å². The third kappa shape index (κ3) is 5.29. The van der Waals surface area contributed by atoms with E-state index in [4.69, 9.17) is 9.47 Å². The summed E-state index contributed by atoms with van der Waals surface area (Å²) < 4.78 is 37.4. The Morgan fingerprint density at radius 1 is 1.08 bits per heavy atom. The molecule has 0 aliphatic rings. The summed E-state index contributed by atoms with van der Waals surface area (Å²) >= 11 is 0. The van der Waals surface area contributed by atoms with E-state index >= 15 is 0 Å². The van der Waals surface area contributed by atoms with E-state index in [1.807, 2.05) is 0 Å². The Bertz CT molecular complexity index is 838. The zero-order valence-electron chi connectivity index (χ0n) is 14.7. The van der Waals surface area contributed by atoms with Crippen LogP contribution in [0.1, 0.15) is 16.8 Å². The molecule has 0 aromatic heterocycles. The van der Waals surface area contributed by atoms with Crippen molar-refractivity contribution in [3.05, 3.63) is 54.1 Å². The van der Waals surface area contributed by atoms with Gasteiger partial charge >= 0.3 is 0 Å². The fraction of sp³-hybridized carbons (Fsp3) is 0.278. The Morgan fingerprint density at radius 3 is 2.46 bits per heavy atom. The molecule has 8 heteroatoms. The number of ether oxygens (including phenoxy) is 2. The van der Waals surface area contributed by atoms with Crippen molar-refractivity contribution >= 4 is 21.6 Å². The molecule has 0 spiro atoms. The number of carbonyl (C=O) groups excluding carboxylic acids is 1. The normalized spacial score (nSPS) is 11.2. The van der Waals surface area contributed by atoms with Gasteiger partial charge in [0.05, 0.1) is 17.7 Å². The number of methoxy groups -OCH3 is 2. The summed E-state index contributed by atoms with van der Waals surface area (Å²) in [5, 5.41) is 2.69. The largest absolute Gasteiger partial charge is 0.495 e. The van der Waals surface area contributed by atoms with E-state index in [-0.39, 0.29) is 23.0 Å². The molecular weight excluding hydrogens is 356 g/mol. The summed E-state index contributed by atoms with van der Waals surface area (Å²) in [6, 6.07) is 12.9. The van der Waals surface area contributed by atoms with Crippen LogP contribution in [0, 0.1) is 0 Å². The molecule has 0 fully saturated rings. The number of nitrogens with one attached hydrogen (secondary N) is 2. The first-order chi connectivity index (χ1) is 12.5. The fourth-order valence-corrected chi connectivity index (χ4v) is 3.34. The minimum atomic E-state index is -3.70. The van der Waals surface area contributed by atoms with Gasteiger partial charge < -0.3 is 14.8 Å². The second kappa shape index (κ2) is 9.33. The first-order valence-electron chi connectivity index (χ1n) is 8.01. The molecular formula is C18H22N2O5S. The second-order valence-electron chi connectivity index (χ2n) is 5.43. The van der Waals surface area contributed by atoms with Crippen LogP contribution in [0.4, 0.5) is 5.69 Å². The summed E-state index contributed by atoms with van der Waals surface area (Å²) in [7, 11) is -0.697. The Kier molecular flexibility index (Phi) is 7.14. The summed E-state index contributed by atoms with van der Waals surface area (Å²) in [6.07, 6.45) is 0.559. The highest BCUT2D eigenvalue weighted by Crippen LogP contribution is 2.28. The number of carbonyl (C=O) groups is 1. The standard InChI is InChI=1S/C18H22N2O5S/c1-24-12-6-11-19-26(22,23)15-9-10-17(25-2)16(13-15)20-18(21)14-7-4-3-5-8-14/h3-5,7-10,13,19H,6,11-12H2,1-2H3,(H,20,21). The molecule has 0 bridgehead atoms. The lowest BCUT2D eigenvalue weighted by atomic mass is 10.2. The SMILES string of the molecule is COCCCNS(=O)(=O)c1ccc(OC)c(NC(=O)c2ccccc2)c1. The Balaban J connectivity index is 2.21. The molecule has 0 unspecified atom stereocenters. The number of rotatable bonds is 9. The number of hydrogen-bond acceptors (Lipinski definition) is 5. The molecule has 0 saturated heterocycles. The molecule has 2 N–H and O–H groups in total. The van der Waals surface area contributed by atoms with Crippen LogP contribution in [-0.4, -0.2) is 41.7 Å².